The minimum atomic E-state index is -0.190. The molecule has 1 N–H and O–H groups in total. The van der Waals surface area contributed by atoms with Gasteiger partial charge < -0.3 is 14.8 Å². The lowest BCUT2D eigenvalue weighted by molar-refractivity contribution is -0.124. The number of amides is 1. The molecule has 0 bridgehead atoms. The third-order valence-corrected chi connectivity index (χ3v) is 3.97. The van der Waals surface area contributed by atoms with Gasteiger partial charge in [-0.3, -0.25) is 4.79 Å². The van der Waals surface area contributed by atoms with Gasteiger partial charge in [-0.1, -0.05) is 49.7 Å². The minimum Gasteiger partial charge on any atom is -0.497 e. The monoisotopic (exact) mass is 347 g/mol. The molecule has 0 radical (unpaired) electrons. The molecule has 0 heterocycles. The molecular formula is C19H22ClNO3. The van der Waals surface area contributed by atoms with Crippen molar-refractivity contribution in [3.63, 3.8) is 0 Å². The summed E-state index contributed by atoms with van der Waals surface area (Å²) >= 11 is 6.02. The van der Waals surface area contributed by atoms with Crippen LogP contribution in [0, 0.1) is 5.92 Å². The van der Waals surface area contributed by atoms with Gasteiger partial charge in [0, 0.05) is 0 Å². The summed E-state index contributed by atoms with van der Waals surface area (Å²) in [5.74, 6) is 1.33. The van der Waals surface area contributed by atoms with Gasteiger partial charge in [-0.2, -0.15) is 0 Å². The first-order chi connectivity index (χ1) is 11.5. The van der Waals surface area contributed by atoms with E-state index in [1.807, 2.05) is 36.4 Å². The molecule has 2 rings (SSSR count). The Hall–Kier alpha value is -2.20. The molecule has 0 fully saturated rings. The molecule has 0 saturated carbocycles. The van der Waals surface area contributed by atoms with Crippen molar-refractivity contribution >= 4 is 17.5 Å². The molecule has 1 amide bonds. The van der Waals surface area contributed by atoms with E-state index in [4.69, 9.17) is 21.1 Å². The molecular weight excluding hydrogens is 326 g/mol. The molecule has 4 nitrogen and oxygen atoms in total. The standard InChI is InChI=1S/C19H22ClNO3/c1-13(2)19(14-8-10-15(23-3)11-9-14)21-18(22)12-24-17-7-5-4-6-16(17)20/h4-11,13,19H,12H2,1-3H3,(H,21,22)/t19-/m1/s1. The number of rotatable bonds is 7. The fourth-order valence-electron chi connectivity index (χ4n) is 2.37. The predicted octanol–water partition coefficient (Wildman–Crippen LogP) is 4.24. The van der Waals surface area contributed by atoms with Gasteiger partial charge >= 0.3 is 0 Å². The number of carbonyl (C=O) groups is 1. The van der Waals surface area contributed by atoms with E-state index in [2.05, 4.69) is 19.2 Å². The zero-order valence-electron chi connectivity index (χ0n) is 14.1. The topological polar surface area (TPSA) is 47.6 Å². The molecule has 0 aliphatic heterocycles. The van der Waals surface area contributed by atoms with E-state index >= 15 is 0 Å². The molecule has 0 aliphatic carbocycles. The normalized spacial score (nSPS) is 11.9. The number of hydrogen-bond donors (Lipinski definition) is 1. The van der Waals surface area contributed by atoms with Gasteiger partial charge in [0.15, 0.2) is 6.61 Å². The first kappa shape index (κ1) is 18.1. The second-order valence-electron chi connectivity index (χ2n) is 5.78. The lowest BCUT2D eigenvalue weighted by atomic mass is 9.96. The summed E-state index contributed by atoms with van der Waals surface area (Å²) in [5, 5.41) is 3.50. The zero-order valence-corrected chi connectivity index (χ0v) is 14.8. The highest BCUT2D eigenvalue weighted by Gasteiger charge is 2.19. The van der Waals surface area contributed by atoms with Crippen LogP contribution in [0.15, 0.2) is 48.5 Å². The maximum absolute atomic E-state index is 12.2. The molecule has 0 aliphatic rings. The summed E-state index contributed by atoms with van der Waals surface area (Å²) in [6, 6.07) is 14.7. The Labute approximate surface area is 147 Å². The van der Waals surface area contributed by atoms with Crippen molar-refractivity contribution < 1.29 is 14.3 Å². The summed E-state index contributed by atoms with van der Waals surface area (Å²) in [6.45, 7) is 4.04. The van der Waals surface area contributed by atoms with Crippen LogP contribution in [-0.2, 0) is 4.79 Å². The van der Waals surface area contributed by atoms with E-state index in [9.17, 15) is 4.79 Å². The molecule has 128 valence electrons. The lowest BCUT2D eigenvalue weighted by Crippen LogP contribution is -2.35. The number of halogens is 1. The summed E-state index contributed by atoms with van der Waals surface area (Å²) < 4.78 is 10.7. The number of ether oxygens (including phenoxy) is 2. The van der Waals surface area contributed by atoms with Gasteiger partial charge in [0.25, 0.3) is 5.91 Å². The van der Waals surface area contributed by atoms with Crippen molar-refractivity contribution in [3.8, 4) is 11.5 Å². The van der Waals surface area contributed by atoms with E-state index in [1.54, 1.807) is 19.2 Å². The van der Waals surface area contributed by atoms with Crippen molar-refractivity contribution in [1.82, 2.24) is 5.32 Å². The largest absolute Gasteiger partial charge is 0.497 e. The number of nitrogens with one attached hydrogen (secondary N) is 1. The molecule has 2 aromatic carbocycles. The molecule has 0 saturated heterocycles. The average Bonchev–Trinajstić information content (AvgIpc) is 2.59. The fourth-order valence-corrected chi connectivity index (χ4v) is 2.56. The van der Waals surface area contributed by atoms with Crippen LogP contribution in [0.4, 0.5) is 0 Å². The van der Waals surface area contributed by atoms with Crippen molar-refractivity contribution in [1.29, 1.82) is 0 Å². The Morgan fingerprint density at radius 3 is 2.38 bits per heavy atom. The van der Waals surface area contributed by atoms with Crippen molar-refractivity contribution in [2.75, 3.05) is 13.7 Å². The van der Waals surface area contributed by atoms with Gasteiger partial charge in [0.1, 0.15) is 11.5 Å². The van der Waals surface area contributed by atoms with Crippen LogP contribution in [0.1, 0.15) is 25.5 Å². The molecule has 5 heteroatoms. The summed E-state index contributed by atoms with van der Waals surface area (Å²) in [5.41, 5.74) is 1.02. The van der Waals surface area contributed by atoms with Crippen LogP contribution < -0.4 is 14.8 Å². The molecule has 0 unspecified atom stereocenters. The van der Waals surface area contributed by atoms with Crippen LogP contribution >= 0.6 is 11.6 Å². The highest BCUT2D eigenvalue weighted by atomic mass is 35.5. The molecule has 2 aromatic rings. The number of benzene rings is 2. The highest BCUT2D eigenvalue weighted by molar-refractivity contribution is 6.32. The van der Waals surface area contributed by atoms with E-state index in [0.717, 1.165) is 11.3 Å². The lowest BCUT2D eigenvalue weighted by Gasteiger charge is -2.23. The van der Waals surface area contributed by atoms with Gasteiger partial charge in [-0.05, 0) is 35.7 Å². The van der Waals surface area contributed by atoms with E-state index in [1.165, 1.54) is 0 Å². The molecule has 0 aromatic heterocycles. The van der Waals surface area contributed by atoms with E-state index in [-0.39, 0.29) is 24.5 Å². The van der Waals surface area contributed by atoms with Crippen molar-refractivity contribution in [2.45, 2.75) is 19.9 Å². The number of carbonyl (C=O) groups excluding carboxylic acids is 1. The first-order valence-corrected chi connectivity index (χ1v) is 8.19. The summed E-state index contributed by atoms with van der Waals surface area (Å²) in [4.78, 5) is 12.2. The van der Waals surface area contributed by atoms with E-state index < -0.39 is 0 Å². The van der Waals surface area contributed by atoms with Crippen LogP contribution in [-0.4, -0.2) is 19.6 Å². The maximum atomic E-state index is 12.2. The molecule has 24 heavy (non-hydrogen) atoms. The second-order valence-corrected chi connectivity index (χ2v) is 6.19. The molecule has 0 spiro atoms. The van der Waals surface area contributed by atoms with Crippen LogP contribution in [0.2, 0.25) is 5.02 Å². The smallest absolute Gasteiger partial charge is 0.258 e. The quantitative estimate of drug-likeness (QED) is 0.814. The highest BCUT2D eigenvalue weighted by Crippen LogP contribution is 2.25. The van der Waals surface area contributed by atoms with E-state index in [0.29, 0.717) is 10.8 Å². The zero-order chi connectivity index (χ0) is 17.5. The summed E-state index contributed by atoms with van der Waals surface area (Å²) in [6.07, 6.45) is 0. The SMILES string of the molecule is COc1ccc([C@H](NC(=O)COc2ccccc2Cl)C(C)C)cc1. The number of para-hydroxylation sites is 1. The minimum absolute atomic E-state index is 0.0802. The van der Waals surface area contributed by atoms with Crippen molar-refractivity contribution in [3.05, 3.63) is 59.1 Å². The Morgan fingerprint density at radius 2 is 1.79 bits per heavy atom. The second kappa shape index (κ2) is 8.60. The fraction of sp³-hybridized carbons (Fsp3) is 0.316. The third kappa shape index (κ3) is 4.90. The van der Waals surface area contributed by atoms with Crippen LogP contribution in [0.25, 0.3) is 0 Å². The van der Waals surface area contributed by atoms with Crippen LogP contribution in [0.5, 0.6) is 11.5 Å². The van der Waals surface area contributed by atoms with Gasteiger partial charge in [-0.25, -0.2) is 0 Å². The number of hydrogen-bond acceptors (Lipinski definition) is 3. The Balaban J connectivity index is 1.99. The van der Waals surface area contributed by atoms with Gasteiger partial charge in [-0.15, -0.1) is 0 Å². The average molecular weight is 348 g/mol. The van der Waals surface area contributed by atoms with Crippen molar-refractivity contribution in [2.24, 2.45) is 5.92 Å². The molecule has 1 atom stereocenters. The maximum Gasteiger partial charge on any atom is 0.258 e. The Morgan fingerprint density at radius 1 is 1.12 bits per heavy atom. The Bertz CT molecular complexity index is 671. The van der Waals surface area contributed by atoms with Crippen LogP contribution in [0.3, 0.4) is 0 Å². The Kier molecular flexibility index (Phi) is 6.50. The predicted molar refractivity (Wildman–Crippen MR) is 95.7 cm³/mol. The van der Waals surface area contributed by atoms with Gasteiger partial charge in [0.2, 0.25) is 0 Å². The van der Waals surface area contributed by atoms with Gasteiger partial charge in [0.05, 0.1) is 18.2 Å². The third-order valence-electron chi connectivity index (χ3n) is 3.65. The summed E-state index contributed by atoms with van der Waals surface area (Å²) in [7, 11) is 1.63. The first-order valence-electron chi connectivity index (χ1n) is 7.82. The number of methoxy groups -OCH3 is 1.